The molecule has 1 heterocycles. The molecule has 3 aromatic rings. The summed E-state index contributed by atoms with van der Waals surface area (Å²) in [5.41, 5.74) is 2.72. The Labute approximate surface area is 135 Å². The van der Waals surface area contributed by atoms with E-state index in [1.807, 2.05) is 79.3 Å². The van der Waals surface area contributed by atoms with E-state index in [1.165, 1.54) is 0 Å². The largest absolute Gasteiger partial charge is 0.338 e. The molecule has 1 N–H and O–H groups in total. The van der Waals surface area contributed by atoms with Gasteiger partial charge in [0.2, 0.25) is 0 Å². The van der Waals surface area contributed by atoms with E-state index in [4.69, 9.17) is 0 Å². The van der Waals surface area contributed by atoms with Gasteiger partial charge >= 0.3 is 0 Å². The molecule has 1 aromatic heterocycles. The molecule has 4 heteroatoms. The van der Waals surface area contributed by atoms with Crippen molar-refractivity contribution in [3.63, 3.8) is 0 Å². The second-order valence-electron chi connectivity index (χ2n) is 5.58. The molecule has 0 saturated carbocycles. The molecule has 0 aliphatic carbocycles. The summed E-state index contributed by atoms with van der Waals surface area (Å²) in [6, 6.07) is 17.2. The minimum absolute atomic E-state index is 0.106. The van der Waals surface area contributed by atoms with E-state index in [-0.39, 0.29) is 11.9 Å². The van der Waals surface area contributed by atoms with Crippen LogP contribution in [-0.4, -0.2) is 15.5 Å². The molecule has 2 aromatic carbocycles. The maximum atomic E-state index is 12.6. The van der Waals surface area contributed by atoms with E-state index in [9.17, 15) is 4.79 Å². The molecule has 3 rings (SSSR count). The van der Waals surface area contributed by atoms with Gasteiger partial charge in [0.25, 0.3) is 5.91 Å². The van der Waals surface area contributed by atoms with Crippen LogP contribution < -0.4 is 5.32 Å². The first kappa shape index (κ1) is 15.0. The van der Waals surface area contributed by atoms with E-state index in [1.54, 1.807) is 6.20 Å². The topological polar surface area (TPSA) is 46.9 Å². The second kappa shape index (κ2) is 6.48. The van der Waals surface area contributed by atoms with Crippen molar-refractivity contribution in [2.45, 2.75) is 13.0 Å². The standard InChI is InChI=1S/C19H19N3O/c1-14-7-6-10-16(13-14)19(23)21-17(15-8-4-3-5-9-15)18-20-11-12-22(18)2/h3-13,17H,1-2H3,(H,21,23)/t17-/m0/s1. The van der Waals surface area contributed by atoms with Gasteiger partial charge in [-0.3, -0.25) is 4.79 Å². The maximum absolute atomic E-state index is 12.6. The lowest BCUT2D eigenvalue weighted by Gasteiger charge is -2.19. The number of nitrogens with one attached hydrogen (secondary N) is 1. The Hall–Kier alpha value is -2.88. The summed E-state index contributed by atoms with van der Waals surface area (Å²) in [4.78, 5) is 17.0. The van der Waals surface area contributed by atoms with E-state index in [0.717, 1.165) is 17.0 Å². The quantitative estimate of drug-likeness (QED) is 0.804. The zero-order chi connectivity index (χ0) is 16.2. The molecule has 1 atom stereocenters. The number of rotatable bonds is 4. The first-order valence-electron chi connectivity index (χ1n) is 7.55. The van der Waals surface area contributed by atoms with E-state index < -0.39 is 0 Å². The number of aromatic nitrogens is 2. The lowest BCUT2D eigenvalue weighted by molar-refractivity contribution is 0.0941. The van der Waals surface area contributed by atoms with Gasteiger partial charge in [-0.15, -0.1) is 0 Å². The summed E-state index contributed by atoms with van der Waals surface area (Å²) in [7, 11) is 1.93. The molecule has 0 spiro atoms. The molecule has 0 unspecified atom stereocenters. The summed E-state index contributed by atoms with van der Waals surface area (Å²) in [6.07, 6.45) is 3.62. The van der Waals surface area contributed by atoms with Crippen molar-refractivity contribution in [3.05, 3.63) is 89.5 Å². The molecule has 0 fully saturated rings. The molecule has 0 aliphatic heterocycles. The highest BCUT2D eigenvalue weighted by molar-refractivity contribution is 5.94. The number of carbonyl (C=O) groups excluding carboxylic acids is 1. The maximum Gasteiger partial charge on any atom is 0.252 e. The van der Waals surface area contributed by atoms with Crippen LogP contribution >= 0.6 is 0 Å². The number of amides is 1. The minimum atomic E-state index is -0.288. The Morgan fingerprint density at radius 2 is 1.91 bits per heavy atom. The van der Waals surface area contributed by atoms with Crippen LogP contribution in [0, 0.1) is 6.92 Å². The predicted octanol–water partition coefficient (Wildman–Crippen LogP) is 3.25. The van der Waals surface area contributed by atoms with Crippen molar-refractivity contribution in [1.29, 1.82) is 0 Å². The number of aryl methyl sites for hydroxylation is 2. The average Bonchev–Trinajstić information content (AvgIpc) is 2.99. The molecule has 0 bridgehead atoms. The van der Waals surface area contributed by atoms with Crippen molar-refractivity contribution < 1.29 is 4.79 Å². The normalized spacial score (nSPS) is 11.9. The number of nitrogens with zero attached hydrogens (tertiary/aromatic N) is 2. The second-order valence-corrected chi connectivity index (χ2v) is 5.58. The minimum Gasteiger partial charge on any atom is -0.338 e. The van der Waals surface area contributed by atoms with E-state index in [2.05, 4.69) is 10.3 Å². The van der Waals surface area contributed by atoms with Crippen LogP contribution in [0.2, 0.25) is 0 Å². The smallest absolute Gasteiger partial charge is 0.252 e. The Kier molecular flexibility index (Phi) is 4.24. The van der Waals surface area contributed by atoms with Crippen LogP contribution in [0.5, 0.6) is 0 Å². The third kappa shape index (κ3) is 3.31. The summed E-state index contributed by atoms with van der Waals surface area (Å²) in [5, 5.41) is 3.10. The molecule has 0 saturated heterocycles. The highest BCUT2D eigenvalue weighted by Gasteiger charge is 2.21. The molecule has 116 valence electrons. The molecule has 0 aliphatic rings. The predicted molar refractivity (Wildman–Crippen MR) is 90.1 cm³/mol. The van der Waals surface area contributed by atoms with Gasteiger partial charge in [-0.2, -0.15) is 0 Å². The van der Waals surface area contributed by atoms with Crippen molar-refractivity contribution in [1.82, 2.24) is 14.9 Å². The van der Waals surface area contributed by atoms with E-state index in [0.29, 0.717) is 5.56 Å². The van der Waals surface area contributed by atoms with E-state index >= 15 is 0 Å². The van der Waals surface area contributed by atoms with Gasteiger partial charge in [0.05, 0.1) is 0 Å². The number of carbonyl (C=O) groups is 1. The van der Waals surface area contributed by atoms with Gasteiger partial charge in [-0.05, 0) is 24.6 Å². The molecule has 4 nitrogen and oxygen atoms in total. The fraction of sp³-hybridized carbons (Fsp3) is 0.158. The first-order valence-corrected chi connectivity index (χ1v) is 7.55. The fourth-order valence-corrected chi connectivity index (χ4v) is 2.60. The third-order valence-electron chi connectivity index (χ3n) is 3.81. The van der Waals surface area contributed by atoms with Crippen LogP contribution in [0.25, 0.3) is 0 Å². The number of benzene rings is 2. The van der Waals surface area contributed by atoms with Crippen molar-refractivity contribution in [3.8, 4) is 0 Å². The highest BCUT2D eigenvalue weighted by Crippen LogP contribution is 2.21. The average molecular weight is 305 g/mol. The van der Waals surface area contributed by atoms with Gasteiger partial charge < -0.3 is 9.88 Å². The lowest BCUT2D eigenvalue weighted by Crippen LogP contribution is -2.31. The number of imidazole rings is 1. The van der Waals surface area contributed by atoms with Gasteiger partial charge in [-0.1, -0.05) is 48.0 Å². The van der Waals surface area contributed by atoms with Gasteiger partial charge in [0.1, 0.15) is 11.9 Å². The number of hydrogen-bond acceptors (Lipinski definition) is 2. The first-order chi connectivity index (χ1) is 11.1. The molecular formula is C19H19N3O. The zero-order valence-electron chi connectivity index (χ0n) is 13.2. The van der Waals surface area contributed by atoms with Crippen LogP contribution in [0.1, 0.15) is 33.4 Å². The van der Waals surface area contributed by atoms with Gasteiger partial charge in [0, 0.05) is 25.0 Å². The molecule has 23 heavy (non-hydrogen) atoms. The Morgan fingerprint density at radius 3 is 2.57 bits per heavy atom. The van der Waals surface area contributed by atoms with Crippen LogP contribution in [0.15, 0.2) is 67.0 Å². The van der Waals surface area contributed by atoms with Crippen molar-refractivity contribution >= 4 is 5.91 Å². The van der Waals surface area contributed by atoms with Gasteiger partial charge in [-0.25, -0.2) is 4.98 Å². The van der Waals surface area contributed by atoms with Crippen LogP contribution in [0.4, 0.5) is 0 Å². The Morgan fingerprint density at radius 1 is 1.13 bits per heavy atom. The zero-order valence-corrected chi connectivity index (χ0v) is 13.2. The van der Waals surface area contributed by atoms with Crippen molar-refractivity contribution in [2.24, 2.45) is 7.05 Å². The SMILES string of the molecule is Cc1cccc(C(=O)N[C@@H](c2ccccc2)c2nccn2C)c1. The van der Waals surface area contributed by atoms with Crippen LogP contribution in [0.3, 0.4) is 0 Å². The lowest BCUT2D eigenvalue weighted by atomic mass is 10.0. The molecule has 0 radical (unpaired) electrons. The summed E-state index contributed by atoms with van der Waals surface area (Å²) < 4.78 is 1.92. The Balaban J connectivity index is 1.94. The third-order valence-corrected chi connectivity index (χ3v) is 3.81. The molecular weight excluding hydrogens is 286 g/mol. The molecule has 1 amide bonds. The summed E-state index contributed by atoms with van der Waals surface area (Å²) in [6.45, 7) is 1.98. The van der Waals surface area contributed by atoms with Gasteiger partial charge in [0.15, 0.2) is 0 Å². The summed E-state index contributed by atoms with van der Waals surface area (Å²) >= 11 is 0. The number of hydrogen-bond donors (Lipinski definition) is 1. The monoisotopic (exact) mass is 305 g/mol. The fourth-order valence-electron chi connectivity index (χ4n) is 2.60. The Bertz CT molecular complexity index is 808. The van der Waals surface area contributed by atoms with Crippen molar-refractivity contribution in [2.75, 3.05) is 0 Å². The summed E-state index contributed by atoms with van der Waals surface area (Å²) in [5.74, 6) is 0.697. The highest BCUT2D eigenvalue weighted by atomic mass is 16.1. The van der Waals surface area contributed by atoms with Crippen LogP contribution in [-0.2, 0) is 7.05 Å².